The fraction of sp³-hybridized carbons (Fsp3) is 0. The number of esters is 1. The Labute approximate surface area is 205 Å². The normalized spacial score (nSPS) is 15.6. The number of nitrogens with one attached hydrogen (secondary N) is 1. The first-order valence-electron chi connectivity index (χ1n) is 10.4. The van der Waals surface area contributed by atoms with Gasteiger partial charge in [0.1, 0.15) is 5.75 Å². The lowest BCUT2D eigenvalue weighted by Crippen LogP contribution is -2.19. The van der Waals surface area contributed by atoms with E-state index in [0.29, 0.717) is 32.1 Å². The average molecular weight is 485 g/mol. The summed E-state index contributed by atoms with van der Waals surface area (Å²) >= 11 is 7.15. The molecule has 0 atom stereocenters. The zero-order chi connectivity index (χ0) is 23.5. The number of thioether (sulfide) groups is 1. The van der Waals surface area contributed by atoms with Crippen molar-refractivity contribution in [2.24, 2.45) is 4.99 Å². The van der Waals surface area contributed by atoms with E-state index < -0.39 is 5.97 Å². The molecule has 4 aromatic carbocycles. The number of fused-ring (bicyclic) bond motifs is 1. The zero-order valence-electron chi connectivity index (χ0n) is 17.7. The summed E-state index contributed by atoms with van der Waals surface area (Å²) in [5.74, 6) is -0.284. The van der Waals surface area contributed by atoms with Crippen LogP contribution >= 0.6 is 23.4 Å². The number of nitrogens with zero attached hydrogens (tertiary/aromatic N) is 1. The Morgan fingerprint density at radius 3 is 2.56 bits per heavy atom. The van der Waals surface area contributed by atoms with Crippen molar-refractivity contribution in [2.45, 2.75) is 0 Å². The van der Waals surface area contributed by atoms with Gasteiger partial charge >= 0.3 is 5.97 Å². The maximum atomic E-state index is 12.8. The summed E-state index contributed by atoms with van der Waals surface area (Å²) in [4.78, 5) is 30.2. The molecular weight excluding hydrogens is 468 g/mol. The number of carbonyl (C=O) groups is 2. The Morgan fingerprint density at radius 2 is 1.71 bits per heavy atom. The second-order valence-corrected chi connectivity index (χ2v) is 8.91. The van der Waals surface area contributed by atoms with Crippen LogP contribution in [-0.4, -0.2) is 17.0 Å². The first-order valence-corrected chi connectivity index (χ1v) is 11.6. The van der Waals surface area contributed by atoms with E-state index in [1.807, 2.05) is 42.5 Å². The Bertz CT molecular complexity index is 1470. The van der Waals surface area contributed by atoms with E-state index in [0.717, 1.165) is 16.3 Å². The van der Waals surface area contributed by atoms with Gasteiger partial charge in [0.25, 0.3) is 5.91 Å². The molecule has 1 aliphatic rings. The first kappa shape index (κ1) is 21.9. The fourth-order valence-electron chi connectivity index (χ4n) is 3.50. The monoisotopic (exact) mass is 484 g/mol. The van der Waals surface area contributed by atoms with E-state index >= 15 is 0 Å². The topological polar surface area (TPSA) is 67.8 Å². The van der Waals surface area contributed by atoms with Gasteiger partial charge < -0.3 is 10.1 Å². The third-order valence-corrected chi connectivity index (χ3v) is 6.25. The highest BCUT2D eigenvalue weighted by Crippen LogP contribution is 2.29. The lowest BCUT2D eigenvalue weighted by molar-refractivity contribution is -0.115. The minimum atomic E-state index is -0.438. The number of amides is 1. The molecule has 0 aliphatic carbocycles. The zero-order valence-corrected chi connectivity index (χ0v) is 19.3. The molecule has 1 N–H and O–H groups in total. The largest absolute Gasteiger partial charge is 0.423 e. The standard InChI is InChI=1S/C27H17ClN2O3S/c28-19-11-13-20(14-12-19)29-27-30-25(31)24(34-27)16-17-5-3-8-21(15-17)33-26(32)23-10-4-7-18-6-1-2-9-22(18)23/h1-16H,(H,29,30,31)/b24-16-. The second kappa shape index (κ2) is 9.55. The molecule has 34 heavy (non-hydrogen) atoms. The molecule has 1 aliphatic heterocycles. The van der Waals surface area contributed by atoms with Gasteiger partial charge in [-0.3, -0.25) is 4.79 Å². The maximum Gasteiger partial charge on any atom is 0.344 e. The summed E-state index contributed by atoms with van der Waals surface area (Å²) in [5.41, 5.74) is 1.92. The molecule has 1 amide bonds. The molecule has 1 fully saturated rings. The van der Waals surface area contributed by atoms with Crippen LogP contribution in [0.4, 0.5) is 5.69 Å². The van der Waals surface area contributed by atoms with E-state index in [1.54, 1.807) is 54.6 Å². The van der Waals surface area contributed by atoms with Gasteiger partial charge in [0.2, 0.25) is 0 Å². The Morgan fingerprint density at radius 1 is 0.941 bits per heavy atom. The molecule has 5 nitrogen and oxygen atoms in total. The van der Waals surface area contributed by atoms with Crippen LogP contribution in [0.15, 0.2) is 101 Å². The number of ether oxygens (including phenoxy) is 1. The van der Waals surface area contributed by atoms with Gasteiger partial charge in [-0.05, 0) is 76.6 Å². The highest BCUT2D eigenvalue weighted by molar-refractivity contribution is 8.18. The minimum Gasteiger partial charge on any atom is -0.423 e. The predicted octanol–water partition coefficient (Wildman–Crippen LogP) is 6.60. The summed E-state index contributed by atoms with van der Waals surface area (Å²) in [5, 5.41) is 5.66. The van der Waals surface area contributed by atoms with E-state index in [2.05, 4.69) is 10.3 Å². The second-order valence-electron chi connectivity index (χ2n) is 7.45. The van der Waals surface area contributed by atoms with Crippen LogP contribution < -0.4 is 10.1 Å². The Kier molecular flexibility index (Phi) is 6.16. The third-order valence-electron chi connectivity index (χ3n) is 5.08. The van der Waals surface area contributed by atoms with E-state index in [1.165, 1.54) is 11.8 Å². The van der Waals surface area contributed by atoms with Crippen LogP contribution in [0.3, 0.4) is 0 Å². The molecule has 1 heterocycles. The molecule has 1 saturated heterocycles. The molecule has 7 heteroatoms. The van der Waals surface area contributed by atoms with Crippen molar-refractivity contribution in [3.8, 4) is 5.75 Å². The van der Waals surface area contributed by atoms with Gasteiger partial charge in [-0.2, -0.15) is 0 Å². The van der Waals surface area contributed by atoms with Crippen molar-refractivity contribution in [1.29, 1.82) is 0 Å². The molecule has 0 unspecified atom stereocenters. The third kappa shape index (κ3) is 4.88. The number of aliphatic imine (C=N–C) groups is 1. The van der Waals surface area contributed by atoms with Gasteiger partial charge in [-0.15, -0.1) is 0 Å². The van der Waals surface area contributed by atoms with Crippen molar-refractivity contribution in [2.75, 3.05) is 0 Å². The maximum absolute atomic E-state index is 12.8. The molecule has 0 aromatic heterocycles. The van der Waals surface area contributed by atoms with Crippen LogP contribution in [-0.2, 0) is 4.79 Å². The molecule has 4 aromatic rings. The smallest absolute Gasteiger partial charge is 0.344 e. The van der Waals surface area contributed by atoms with E-state index in [9.17, 15) is 9.59 Å². The highest BCUT2D eigenvalue weighted by atomic mass is 35.5. The van der Waals surface area contributed by atoms with Crippen LogP contribution in [0.5, 0.6) is 5.75 Å². The summed E-state index contributed by atoms with van der Waals surface area (Å²) < 4.78 is 5.64. The van der Waals surface area contributed by atoms with Crippen LogP contribution in [0.1, 0.15) is 15.9 Å². The molecule has 0 bridgehead atoms. The number of hydrogen-bond acceptors (Lipinski definition) is 5. The van der Waals surface area contributed by atoms with Gasteiger partial charge in [-0.1, -0.05) is 60.1 Å². The molecule has 166 valence electrons. The molecule has 0 spiro atoms. The molecule has 5 rings (SSSR count). The lowest BCUT2D eigenvalue weighted by Gasteiger charge is -2.08. The van der Waals surface area contributed by atoms with Gasteiger partial charge in [-0.25, -0.2) is 9.79 Å². The lowest BCUT2D eigenvalue weighted by atomic mass is 10.0. The van der Waals surface area contributed by atoms with Crippen LogP contribution in [0.2, 0.25) is 5.02 Å². The Balaban J connectivity index is 1.34. The number of carbonyl (C=O) groups excluding carboxylic acids is 2. The van der Waals surface area contributed by atoms with Gasteiger partial charge in [0, 0.05) is 5.02 Å². The SMILES string of the molecule is O=C1NC(=Nc2ccc(Cl)cc2)S/C1=C\c1cccc(OC(=O)c2cccc3ccccc23)c1. The number of rotatable bonds is 4. The van der Waals surface area contributed by atoms with Crippen molar-refractivity contribution in [3.05, 3.63) is 112 Å². The highest BCUT2D eigenvalue weighted by Gasteiger charge is 2.24. The predicted molar refractivity (Wildman–Crippen MR) is 138 cm³/mol. The van der Waals surface area contributed by atoms with Crippen molar-refractivity contribution < 1.29 is 14.3 Å². The van der Waals surface area contributed by atoms with Crippen LogP contribution in [0.25, 0.3) is 16.8 Å². The first-order chi connectivity index (χ1) is 16.5. The van der Waals surface area contributed by atoms with Gasteiger partial charge in [0.15, 0.2) is 5.17 Å². The number of halogens is 1. The Hall–Kier alpha value is -3.87. The van der Waals surface area contributed by atoms with Crippen molar-refractivity contribution in [1.82, 2.24) is 5.32 Å². The number of benzene rings is 4. The summed E-state index contributed by atoms with van der Waals surface area (Å²) in [6, 6.07) is 27.3. The van der Waals surface area contributed by atoms with Crippen molar-refractivity contribution >= 4 is 62.9 Å². The van der Waals surface area contributed by atoms with Crippen molar-refractivity contribution in [3.63, 3.8) is 0 Å². The fourth-order valence-corrected chi connectivity index (χ4v) is 4.47. The summed E-state index contributed by atoms with van der Waals surface area (Å²) in [6.07, 6.45) is 1.74. The number of amidine groups is 1. The average Bonchev–Trinajstić information content (AvgIpc) is 3.18. The van der Waals surface area contributed by atoms with Crippen LogP contribution in [0, 0.1) is 0 Å². The quantitative estimate of drug-likeness (QED) is 0.201. The van der Waals surface area contributed by atoms with Gasteiger partial charge in [0.05, 0.1) is 16.2 Å². The summed E-state index contributed by atoms with van der Waals surface area (Å²) in [7, 11) is 0. The number of hydrogen-bond donors (Lipinski definition) is 1. The van der Waals surface area contributed by atoms with E-state index in [-0.39, 0.29) is 5.91 Å². The summed E-state index contributed by atoms with van der Waals surface area (Å²) in [6.45, 7) is 0. The minimum absolute atomic E-state index is 0.240. The molecule has 0 radical (unpaired) electrons. The molecule has 0 saturated carbocycles. The van der Waals surface area contributed by atoms with E-state index in [4.69, 9.17) is 16.3 Å². The molecular formula is C27H17ClN2O3S.